The molecule has 0 amide bonds. The Kier molecular flexibility index (Phi) is 3.31. The van der Waals surface area contributed by atoms with Gasteiger partial charge >= 0.3 is 5.97 Å². The number of aliphatic carboxylic acids is 1. The Hall–Kier alpha value is -1.12. The molecule has 5 atom stereocenters. The topological polar surface area (TPSA) is 54.4 Å². The monoisotopic (exact) mass is 316 g/mol. The van der Waals surface area contributed by atoms with Crippen molar-refractivity contribution in [3.8, 4) is 0 Å². The fraction of sp³-hybridized carbons (Fsp3) is 0.800. The van der Waals surface area contributed by atoms with E-state index in [1.54, 1.807) is 0 Å². The Morgan fingerprint density at radius 3 is 2.48 bits per heavy atom. The van der Waals surface area contributed by atoms with E-state index >= 15 is 0 Å². The molecule has 4 aliphatic rings. The molecule has 1 N–H and O–H groups in total. The highest BCUT2D eigenvalue weighted by atomic mass is 16.4. The molecule has 0 saturated heterocycles. The van der Waals surface area contributed by atoms with Crippen LogP contribution in [-0.2, 0) is 9.59 Å². The fourth-order valence-corrected chi connectivity index (χ4v) is 7.45. The van der Waals surface area contributed by atoms with Crippen LogP contribution in [0.2, 0.25) is 0 Å². The Morgan fingerprint density at radius 2 is 1.87 bits per heavy atom. The summed E-state index contributed by atoms with van der Waals surface area (Å²) in [5.74, 6) is 0.611. The van der Waals surface area contributed by atoms with Crippen molar-refractivity contribution in [2.75, 3.05) is 0 Å². The average Bonchev–Trinajstić information content (AvgIpc) is 3.17. The lowest BCUT2D eigenvalue weighted by Gasteiger charge is -2.56. The summed E-state index contributed by atoms with van der Waals surface area (Å²) in [6.07, 6.45) is 10.3. The second kappa shape index (κ2) is 4.94. The Labute approximate surface area is 138 Å². The molecule has 2 bridgehead atoms. The van der Waals surface area contributed by atoms with Crippen LogP contribution < -0.4 is 0 Å². The van der Waals surface area contributed by atoms with Crippen LogP contribution in [-0.4, -0.2) is 17.4 Å². The van der Waals surface area contributed by atoms with E-state index in [1.807, 2.05) is 0 Å². The Balaban J connectivity index is 1.92. The van der Waals surface area contributed by atoms with Gasteiger partial charge in [0, 0.05) is 16.9 Å². The molecule has 1 spiro atoms. The van der Waals surface area contributed by atoms with Gasteiger partial charge in [-0.1, -0.05) is 32.3 Å². The summed E-state index contributed by atoms with van der Waals surface area (Å²) in [4.78, 5) is 23.6. The first kappa shape index (κ1) is 15.4. The van der Waals surface area contributed by atoms with E-state index in [-0.39, 0.29) is 16.7 Å². The highest BCUT2D eigenvalue weighted by Crippen LogP contribution is 2.76. The van der Waals surface area contributed by atoms with E-state index in [0.29, 0.717) is 23.3 Å². The summed E-state index contributed by atoms with van der Waals surface area (Å²) >= 11 is 0. The maximum Gasteiger partial charge on any atom is 0.332 e. The quantitative estimate of drug-likeness (QED) is 0.793. The first-order chi connectivity index (χ1) is 11.0. The zero-order valence-corrected chi connectivity index (χ0v) is 14.3. The van der Waals surface area contributed by atoms with Gasteiger partial charge in [0.05, 0.1) is 0 Å². The molecule has 0 aromatic rings. The lowest BCUT2D eigenvalue weighted by molar-refractivity contribution is -0.134. The van der Waals surface area contributed by atoms with Gasteiger partial charge in [-0.15, -0.1) is 0 Å². The van der Waals surface area contributed by atoms with E-state index in [9.17, 15) is 14.7 Å². The summed E-state index contributed by atoms with van der Waals surface area (Å²) in [7, 11) is 0. The maximum atomic E-state index is 11.9. The van der Waals surface area contributed by atoms with Crippen molar-refractivity contribution in [3.05, 3.63) is 11.1 Å². The van der Waals surface area contributed by atoms with Gasteiger partial charge in [-0.25, -0.2) is 4.79 Å². The third kappa shape index (κ3) is 1.66. The van der Waals surface area contributed by atoms with Crippen LogP contribution in [0.4, 0.5) is 0 Å². The third-order valence-corrected chi connectivity index (χ3v) is 8.42. The molecule has 4 aliphatic carbocycles. The highest BCUT2D eigenvalue weighted by Gasteiger charge is 2.70. The summed E-state index contributed by atoms with van der Waals surface area (Å²) < 4.78 is 0. The van der Waals surface area contributed by atoms with Gasteiger partial charge in [-0.2, -0.15) is 0 Å². The van der Waals surface area contributed by atoms with Crippen molar-refractivity contribution in [2.24, 2.45) is 34.5 Å². The molecule has 3 fully saturated rings. The SMILES string of the molecule is C[C@@H]1CC[C@@H]2CC3=C(C(=O)O)[C@@H](C=O)C[C@@]31[C@]2(C)C1CCCC1. The number of hydrogen-bond donors (Lipinski definition) is 1. The lowest BCUT2D eigenvalue weighted by Crippen LogP contribution is -2.51. The number of carbonyl (C=O) groups is 2. The van der Waals surface area contributed by atoms with Crippen LogP contribution in [0.25, 0.3) is 0 Å². The van der Waals surface area contributed by atoms with E-state index in [4.69, 9.17) is 0 Å². The minimum Gasteiger partial charge on any atom is -0.478 e. The fourth-order valence-electron chi connectivity index (χ4n) is 7.45. The third-order valence-electron chi connectivity index (χ3n) is 8.42. The Morgan fingerprint density at radius 1 is 1.17 bits per heavy atom. The number of fused-ring (bicyclic) bond motifs is 1. The van der Waals surface area contributed by atoms with Gasteiger partial charge < -0.3 is 9.90 Å². The minimum absolute atomic E-state index is 0.0236. The van der Waals surface area contributed by atoms with Gasteiger partial charge in [-0.3, -0.25) is 0 Å². The van der Waals surface area contributed by atoms with Gasteiger partial charge in [0.25, 0.3) is 0 Å². The van der Waals surface area contributed by atoms with Crippen LogP contribution in [0.15, 0.2) is 11.1 Å². The van der Waals surface area contributed by atoms with E-state index < -0.39 is 5.97 Å². The molecule has 3 saturated carbocycles. The number of hydrogen-bond acceptors (Lipinski definition) is 2. The van der Waals surface area contributed by atoms with Crippen LogP contribution >= 0.6 is 0 Å². The summed E-state index contributed by atoms with van der Waals surface area (Å²) in [6, 6.07) is 0. The number of carbonyl (C=O) groups excluding carboxylic acids is 1. The van der Waals surface area contributed by atoms with Crippen LogP contribution in [0.1, 0.15) is 65.2 Å². The van der Waals surface area contributed by atoms with Crippen molar-refractivity contribution < 1.29 is 14.7 Å². The van der Waals surface area contributed by atoms with Crippen LogP contribution in [0.3, 0.4) is 0 Å². The lowest BCUT2D eigenvalue weighted by atomic mass is 9.47. The Bertz CT molecular complexity index is 586. The van der Waals surface area contributed by atoms with E-state index in [1.165, 1.54) is 44.1 Å². The zero-order chi connectivity index (χ0) is 16.4. The molecule has 0 aliphatic heterocycles. The van der Waals surface area contributed by atoms with Crippen molar-refractivity contribution in [2.45, 2.75) is 65.2 Å². The molecule has 0 unspecified atom stereocenters. The molecule has 0 heterocycles. The summed E-state index contributed by atoms with van der Waals surface area (Å²) in [5, 5.41) is 9.78. The molecule has 3 heteroatoms. The van der Waals surface area contributed by atoms with Gasteiger partial charge in [-0.05, 0) is 61.7 Å². The van der Waals surface area contributed by atoms with Crippen LogP contribution in [0, 0.1) is 34.5 Å². The molecule has 3 nitrogen and oxygen atoms in total. The molecule has 0 aromatic heterocycles. The van der Waals surface area contributed by atoms with Crippen molar-refractivity contribution in [1.82, 2.24) is 0 Å². The highest BCUT2D eigenvalue weighted by molar-refractivity contribution is 5.94. The number of carboxylic acids is 1. The second-order valence-corrected chi connectivity index (χ2v) is 8.76. The van der Waals surface area contributed by atoms with E-state index in [0.717, 1.165) is 19.1 Å². The van der Waals surface area contributed by atoms with Crippen LogP contribution in [0.5, 0.6) is 0 Å². The van der Waals surface area contributed by atoms with Gasteiger partial charge in [0.15, 0.2) is 0 Å². The van der Waals surface area contributed by atoms with Crippen molar-refractivity contribution in [3.63, 3.8) is 0 Å². The molecule has 23 heavy (non-hydrogen) atoms. The van der Waals surface area contributed by atoms with Gasteiger partial charge in [0.1, 0.15) is 6.29 Å². The number of carboxylic acid groups (broad SMARTS) is 1. The predicted molar refractivity (Wildman–Crippen MR) is 87.8 cm³/mol. The van der Waals surface area contributed by atoms with Crippen molar-refractivity contribution in [1.29, 1.82) is 0 Å². The summed E-state index contributed by atoms with van der Waals surface area (Å²) in [5.41, 5.74) is 1.83. The first-order valence-corrected chi connectivity index (χ1v) is 9.39. The molecule has 4 rings (SSSR count). The number of rotatable bonds is 3. The molecular weight excluding hydrogens is 288 g/mol. The zero-order valence-electron chi connectivity index (χ0n) is 14.3. The predicted octanol–water partition coefficient (Wildman–Crippen LogP) is 4.22. The molecule has 126 valence electrons. The van der Waals surface area contributed by atoms with Gasteiger partial charge in [0.2, 0.25) is 0 Å². The number of aldehydes is 1. The summed E-state index contributed by atoms with van der Waals surface area (Å²) in [6.45, 7) is 4.78. The second-order valence-electron chi connectivity index (χ2n) is 8.76. The standard InChI is InChI=1S/C20H28O3/c1-12-7-8-15-9-16-17(18(22)23)13(11-21)10-20(12,16)19(15,2)14-5-3-4-6-14/h11-15H,3-10H2,1-2H3,(H,22,23)/t12-,13-,15-,19-,20+/m1/s1. The molecular formula is C20H28O3. The maximum absolute atomic E-state index is 11.9. The first-order valence-electron chi connectivity index (χ1n) is 9.39. The number of allylic oxidation sites excluding steroid dienone is 1. The van der Waals surface area contributed by atoms with E-state index in [2.05, 4.69) is 13.8 Å². The molecule has 0 aromatic carbocycles. The smallest absolute Gasteiger partial charge is 0.332 e. The van der Waals surface area contributed by atoms with Crippen molar-refractivity contribution >= 4 is 12.3 Å². The normalized spacial score (nSPS) is 46.3. The largest absolute Gasteiger partial charge is 0.478 e. The average molecular weight is 316 g/mol. The molecule has 0 radical (unpaired) electrons. The minimum atomic E-state index is -0.845.